The molecule has 0 saturated heterocycles. The minimum absolute atomic E-state index is 0.354. The van der Waals surface area contributed by atoms with Crippen molar-refractivity contribution in [3.8, 4) is 5.75 Å². The Labute approximate surface area is 80.6 Å². The fourth-order valence-electron chi connectivity index (χ4n) is 0.747. The van der Waals surface area contributed by atoms with Gasteiger partial charge in [0.25, 0.3) is 0 Å². The monoisotopic (exact) mass is 198 g/mol. The Morgan fingerprint density at radius 2 is 2.31 bits per heavy atom. The van der Waals surface area contributed by atoms with Gasteiger partial charge in [0.05, 0.1) is 14.2 Å². The summed E-state index contributed by atoms with van der Waals surface area (Å²) < 4.78 is 9.44. The molecule has 0 atom stereocenters. The lowest BCUT2D eigenvalue weighted by Crippen LogP contribution is -1.92. The third-order valence-electron chi connectivity index (χ3n) is 1.42. The smallest absolute Gasteiger partial charge is 0.330 e. The summed E-state index contributed by atoms with van der Waals surface area (Å²) in [5.41, 5.74) is 0. The number of hydrogen-bond acceptors (Lipinski definition) is 4. The Morgan fingerprint density at radius 1 is 1.54 bits per heavy atom. The van der Waals surface area contributed by atoms with Crippen LogP contribution in [0.3, 0.4) is 0 Å². The SMILES string of the molecule is COC(=O)/C=C/c1cc(OC)cs1. The topological polar surface area (TPSA) is 35.5 Å². The molecule has 1 heterocycles. The van der Waals surface area contributed by atoms with Gasteiger partial charge in [-0.3, -0.25) is 0 Å². The van der Waals surface area contributed by atoms with Crippen LogP contribution in [0.5, 0.6) is 5.75 Å². The minimum Gasteiger partial charge on any atom is -0.496 e. The number of carbonyl (C=O) groups is 1. The Hall–Kier alpha value is -1.29. The van der Waals surface area contributed by atoms with Crippen LogP contribution in [-0.2, 0) is 9.53 Å². The van der Waals surface area contributed by atoms with Gasteiger partial charge in [0, 0.05) is 16.3 Å². The van der Waals surface area contributed by atoms with E-state index in [0.717, 1.165) is 10.6 Å². The van der Waals surface area contributed by atoms with Crippen molar-refractivity contribution >= 4 is 23.4 Å². The maximum absolute atomic E-state index is 10.7. The van der Waals surface area contributed by atoms with Gasteiger partial charge in [0.1, 0.15) is 5.75 Å². The van der Waals surface area contributed by atoms with Crippen molar-refractivity contribution in [3.05, 3.63) is 22.4 Å². The molecule has 0 bridgehead atoms. The normalized spacial score (nSPS) is 10.3. The molecule has 0 N–H and O–H groups in total. The lowest BCUT2D eigenvalue weighted by Gasteiger charge is -1.89. The number of ether oxygens (including phenoxy) is 2. The molecule has 0 spiro atoms. The van der Waals surface area contributed by atoms with Crippen LogP contribution in [0.15, 0.2) is 17.5 Å². The molecule has 1 rings (SSSR count). The number of carbonyl (C=O) groups excluding carboxylic acids is 1. The number of hydrogen-bond donors (Lipinski definition) is 0. The summed E-state index contributed by atoms with van der Waals surface area (Å²) in [5.74, 6) is 0.446. The number of methoxy groups -OCH3 is 2. The van der Waals surface area contributed by atoms with Crippen LogP contribution in [0.25, 0.3) is 6.08 Å². The predicted octanol–water partition coefficient (Wildman–Crippen LogP) is 1.94. The average molecular weight is 198 g/mol. The van der Waals surface area contributed by atoms with E-state index in [1.165, 1.54) is 24.5 Å². The van der Waals surface area contributed by atoms with Crippen LogP contribution in [0.4, 0.5) is 0 Å². The van der Waals surface area contributed by atoms with Crippen LogP contribution in [0, 0.1) is 0 Å². The molecule has 0 radical (unpaired) electrons. The van der Waals surface area contributed by atoms with Gasteiger partial charge in [-0.1, -0.05) is 0 Å². The van der Waals surface area contributed by atoms with Gasteiger partial charge in [-0.05, 0) is 12.1 Å². The first kappa shape index (κ1) is 9.80. The quantitative estimate of drug-likeness (QED) is 0.550. The van der Waals surface area contributed by atoms with Gasteiger partial charge < -0.3 is 9.47 Å². The third kappa shape index (κ3) is 2.91. The van der Waals surface area contributed by atoms with E-state index in [9.17, 15) is 4.79 Å². The second-order valence-corrected chi connectivity index (χ2v) is 3.19. The molecule has 1 aromatic rings. The van der Waals surface area contributed by atoms with Crippen molar-refractivity contribution in [1.82, 2.24) is 0 Å². The van der Waals surface area contributed by atoms with Crippen molar-refractivity contribution in [2.75, 3.05) is 14.2 Å². The predicted molar refractivity (Wildman–Crippen MR) is 51.9 cm³/mol. The summed E-state index contributed by atoms with van der Waals surface area (Å²) >= 11 is 1.51. The fourth-order valence-corrected chi connectivity index (χ4v) is 1.49. The molecule has 0 aliphatic rings. The molecule has 0 unspecified atom stereocenters. The first-order chi connectivity index (χ1) is 6.26. The first-order valence-corrected chi connectivity index (χ1v) is 4.53. The van der Waals surface area contributed by atoms with Crippen molar-refractivity contribution in [3.63, 3.8) is 0 Å². The largest absolute Gasteiger partial charge is 0.496 e. The maximum atomic E-state index is 10.7. The van der Waals surface area contributed by atoms with E-state index in [0.29, 0.717) is 0 Å². The highest BCUT2D eigenvalue weighted by Crippen LogP contribution is 2.21. The summed E-state index contributed by atoms with van der Waals surface area (Å²) in [6.07, 6.45) is 3.07. The molecule has 13 heavy (non-hydrogen) atoms. The summed E-state index contributed by atoms with van der Waals surface area (Å²) in [7, 11) is 2.96. The second kappa shape index (κ2) is 4.67. The van der Waals surface area contributed by atoms with Gasteiger partial charge >= 0.3 is 5.97 Å². The summed E-state index contributed by atoms with van der Waals surface area (Å²) in [6.45, 7) is 0. The van der Waals surface area contributed by atoms with Gasteiger partial charge in [-0.2, -0.15) is 0 Å². The second-order valence-electron chi connectivity index (χ2n) is 2.25. The Balaban J connectivity index is 2.63. The molecule has 1 aromatic heterocycles. The van der Waals surface area contributed by atoms with Crippen LogP contribution in [0.1, 0.15) is 4.88 Å². The lowest BCUT2D eigenvalue weighted by molar-refractivity contribution is -0.134. The van der Waals surface area contributed by atoms with E-state index in [4.69, 9.17) is 4.74 Å². The van der Waals surface area contributed by atoms with E-state index >= 15 is 0 Å². The fraction of sp³-hybridized carbons (Fsp3) is 0.222. The Kier molecular flexibility index (Phi) is 3.52. The molecule has 0 aromatic carbocycles. The highest BCUT2D eigenvalue weighted by atomic mass is 32.1. The molecule has 0 saturated carbocycles. The van der Waals surface area contributed by atoms with Crippen LogP contribution >= 0.6 is 11.3 Å². The molecular weight excluding hydrogens is 188 g/mol. The third-order valence-corrected chi connectivity index (χ3v) is 2.29. The zero-order chi connectivity index (χ0) is 9.68. The minimum atomic E-state index is -0.354. The van der Waals surface area contributed by atoms with Crippen LogP contribution < -0.4 is 4.74 Å². The van der Waals surface area contributed by atoms with Crippen molar-refractivity contribution in [2.45, 2.75) is 0 Å². The Bertz CT molecular complexity index is 314. The summed E-state index contributed by atoms with van der Waals surface area (Å²) in [4.78, 5) is 11.7. The molecule has 3 nitrogen and oxygen atoms in total. The van der Waals surface area contributed by atoms with Gasteiger partial charge in [0.15, 0.2) is 0 Å². The highest BCUT2D eigenvalue weighted by molar-refractivity contribution is 7.11. The summed E-state index contributed by atoms with van der Waals surface area (Å²) in [5, 5.41) is 1.87. The molecule has 70 valence electrons. The van der Waals surface area contributed by atoms with Crippen molar-refractivity contribution < 1.29 is 14.3 Å². The van der Waals surface area contributed by atoms with E-state index in [2.05, 4.69) is 4.74 Å². The molecule has 0 fully saturated rings. The Morgan fingerprint density at radius 3 is 2.85 bits per heavy atom. The van der Waals surface area contributed by atoms with Gasteiger partial charge in [-0.15, -0.1) is 11.3 Å². The number of thiophene rings is 1. The van der Waals surface area contributed by atoms with E-state index in [-0.39, 0.29) is 5.97 Å². The van der Waals surface area contributed by atoms with E-state index in [1.807, 2.05) is 11.4 Å². The standard InChI is InChI=1S/C9H10O3S/c1-11-7-5-8(13-6-7)3-4-9(10)12-2/h3-6H,1-2H3/b4-3+. The lowest BCUT2D eigenvalue weighted by atomic mass is 10.4. The number of rotatable bonds is 3. The molecule has 0 amide bonds. The van der Waals surface area contributed by atoms with E-state index < -0.39 is 0 Å². The number of esters is 1. The van der Waals surface area contributed by atoms with Crippen molar-refractivity contribution in [2.24, 2.45) is 0 Å². The molecule has 0 aliphatic heterocycles. The summed E-state index contributed by atoms with van der Waals surface area (Å²) in [6, 6.07) is 1.85. The van der Waals surface area contributed by atoms with Gasteiger partial charge in [-0.25, -0.2) is 4.79 Å². The van der Waals surface area contributed by atoms with E-state index in [1.54, 1.807) is 13.2 Å². The van der Waals surface area contributed by atoms with Crippen LogP contribution in [0.2, 0.25) is 0 Å². The first-order valence-electron chi connectivity index (χ1n) is 3.65. The zero-order valence-corrected chi connectivity index (χ0v) is 8.26. The zero-order valence-electron chi connectivity index (χ0n) is 7.44. The van der Waals surface area contributed by atoms with Crippen LogP contribution in [-0.4, -0.2) is 20.2 Å². The van der Waals surface area contributed by atoms with Crippen molar-refractivity contribution in [1.29, 1.82) is 0 Å². The molecule has 0 aliphatic carbocycles. The van der Waals surface area contributed by atoms with Gasteiger partial charge in [0.2, 0.25) is 0 Å². The molecule has 4 heteroatoms. The highest BCUT2D eigenvalue weighted by Gasteiger charge is 1.96. The average Bonchev–Trinajstić information content (AvgIpc) is 2.61. The maximum Gasteiger partial charge on any atom is 0.330 e. The molecular formula is C9H10O3S.